The number of aliphatic hydroxyl groups is 1. The van der Waals surface area contributed by atoms with Gasteiger partial charge in [0.25, 0.3) is 0 Å². The summed E-state index contributed by atoms with van der Waals surface area (Å²) >= 11 is 3.71. The van der Waals surface area contributed by atoms with Crippen molar-refractivity contribution in [1.82, 2.24) is 14.7 Å². The van der Waals surface area contributed by atoms with Crippen LogP contribution in [0.2, 0.25) is 0 Å². The van der Waals surface area contributed by atoms with Crippen LogP contribution < -0.4 is 0 Å². The zero-order valence-electron chi connectivity index (χ0n) is 27.6. The minimum Gasteiger partial charge on any atom is -0.455 e. The van der Waals surface area contributed by atoms with Crippen molar-refractivity contribution < 1.29 is 33.8 Å². The van der Waals surface area contributed by atoms with Crippen molar-refractivity contribution in [2.24, 2.45) is 11.8 Å². The summed E-state index contributed by atoms with van der Waals surface area (Å²) in [5.41, 5.74) is -1.13. The Balaban J connectivity index is 1.72. The molecular weight excluding hydrogens is 654 g/mol. The van der Waals surface area contributed by atoms with Crippen LogP contribution in [0.4, 0.5) is 0 Å². The minimum absolute atomic E-state index is 0.109. The van der Waals surface area contributed by atoms with Crippen LogP contribution in [0, 0.1) is 11.8 Å². The molecule has 1 unspecified atom stereocenters. The van der Waals surface area contributed by atoms with Gasteiger partial charge in [-0.2, -0.15) is 0 Å². The number of amides is 3. The SMILES string of the molecule is C=CCCC(=O)N(C)[C@@H](C)[C@@H](OC(=O)[C@H]1[C@@H]2O[C@@]3(CC2Br)[C@@H]1C(=O)N(CCCO)[C@@H]3C(=O)N(CC=C)C(C)(C)C)c1ccccc1. The van der Waals surface area contributed by atoms with Gasteiger partial charge >= 0.3 is 5.97 Å². The zero-order chi connectivity index (χ0) is 34.0. The van der Waals surface area contributed by atoms with Gasteiger partial charge in [-0.3, -0.25) is 19.2 Å². The molecule has 3 amide bonds. The predicted molar refractivity (Wildman–Crippen MR) is 178 cm³/mol. The molecule has 0 saturated carbocycles. The van der Waals surface area contributed by atoms with Crippen molar-refractivity contribution in [2.75, 3.05) is 26.7 Å². The lowest BCUT2D eigenvalue weighted by molar-refractivity contribution is -0.164. The van der Waals surface area contributed by atoms with Gasteiger partial charge < -0.3 is 29.3 Å². The summed E-state index contributed by atoms with van der Waals surface area (Å²) in [4.78, 5) is 60.5. The molecule has 10 nitrogen and oxygen atoms in total. The van der Waals surface area contributed by atoms with Crippen LogP contribution >= 0.6 is 15.9 Å². The Morgan fingerprint density at radius 2 is 1.89 bits per heavy atom. The van der Waals surface area contributed by atoms with Crippen LogP contribution in [0.5, 0.6) is 0 Å². The summed E-state index contributed by atoms with van der Waals surface area (Å²) in [6.45, 7) is 15.4. The average molecular weight is 703 g/mol. The average Bonchev–Trinajstić information content (AvgIpc) is 3.61. The van der Waals surface area contributed by atoms with E-state index in [1.165, 1.54) is 4.90 Å². The lowest BCUT2D eigenvalue weighted by Crippen LogP contribution is -2.60. The van der Waals surface area contributed by atoms with Crippen molar-refractivity contribution in [3.63, 3.8) is 0 Å². The summed E-state index contributed by atoms with van der Waals surface area (Å²) in [6.07, 6.45) is 3.25. The number of benzene rings is 1. The molecule has 2 bridgehead atoms. The number of aliphatic hydroxyl groups excluding tert-OH is 1. The predicted octanol–water partition coefficient (Wildman–Crippen LogP) is 4.03. The summed E-state index contributed by atoms with van der Waals surface area (Å²) in [5.74, 6) is -3.30. The van der Waals surface area contributed by atoms with Crippen LogP contribution in [0.3, 0.4) is 0 Å². The Labute approximate surface area is 280 Å². The van der Waals surface area contributed by atoms with Crippen LogP contribution in [-0.4, -0.2) is 104 Å². The van der Waals surface area contributed by atoms with E-state index in [1.807, 2.05) is 58.0 Å². The zero-order valence-corrected chi connectivity index (χ0v) is 29.1. The molecular formula is C35H48BrN3O7. The lowest BCUT2D eigenvalue weighted by Gasteiger charge is -2.42. The topological polar surface area (TPSA) is 117 Å². The number of hydrogen-bond acceptors (Lipinski definition) is 7. The van der Waals surface area contributed by atoms with Gasteiger partial charge in [0.1, 0.15) is 17.7 Å². The molecule has 3 fully saturated rings. The van der Waals surface area contributed by atoms with Gasteiger partial charge in [0.05, 0.1) is 24.0 Å². The van der Waals surface area contributed by atoms with Crippen molar-refractivity contribution in [3.8, 4) is 0 Å². The van der Waals surface area contributed by atoms with Gasteiger partial charge in [0.15, 0.2) is 0 Å². The molecule has 3 aliphatic heterocycles. The van der Waals surface area contributed by atoms with Gasteiger partial charge in [-0.15, -0.1) is 13.2 Å². The lowest BCUT2D eigenvalue weighted by atomic mass is 9.70. The fourth-order valence-corrected chi connectivity index (χ4v) is 8.20. The van der Waals surface area contributed by atoms with E-state index in [0.29, 0.717) is 18.4 Å². The molecule has 46 heavy (non-hydrogen) atoms. The van der Waals surface area contributed by atoms with Crippen LogP contribution in [-0.2, 0) is 28.7 Å². The summed E-state index contributed by atoms with van der Waals surface area (Å²) in [7, 11) is 1.68. The van der Waals surface area contributed by atoms with E-state index in [2.05, 4.69) is 29.1 Å². The van der Waals surface area contributed by atoms with Gasteiger partial charge in [0.2, 0.25) is 17.7 Å². The fourth-order valence-electron chi connectivity index (χ4n) is 7.25. The van der Waals surface area contributed by atoms with Gasteiger partial charge in [-0.25, -0.2) is 0 Å². The van der Waals surface area contributed by atoms with Crippen molar-refractivity contribution in [1.29, 1.82) is 0 Å². The molecule has 1 N–H and O–H groups in total. The highest BCUT2D eigenvalue weighted by molar-refractivity contribution is 9.09. The molecule has 1 aromatic carbocycles. The summed E-state index contributed by atoms with van der Waals surface area (Å²) < 4.78 is 12.9. The number of nitrogens with zero attached hydrogens (tertiary/aromatic N) is 3. The molecule has 0 radical (unpaired) electrons. The van der Waals surface area contributed by atoms with Crippen molar-refractivity contribution >= 4 is 39.6 Å². The maximum Gasteiger partial charge on any atom is 0.313 e. The van der Waals surface area contributed by atoms with Crippen LogP contribution in [0.1, 0.15) is 65.0 Å². The van der Waals surface area contributed by atoms with Crippen molar-refractivity contribution in [2.45, 2.75) is 93.6 Å². The first-order valence-electron chi connectivity index (χ1n) is 16.0. The second-order valence-electron chi connectivity index (χ2n) is 13.5. The number of hydrogen-bond donors (Lipinski definition) is 1. The van der Waals surface area contributed by atoms with E-state index in [0.717, 1.165) is 0 Å². The Hall–Kier alpha value is -3.02. The first kappa shape index (κ1) is 35.8. The monoisotopic (exact) mass is 701 g/mol. The fraction of sp³-hybridized carbons (Fsp3) is 0.600. The maximum absolute atomic E-state index is 14.4. The van der Waals surface area contributed by atoms with Crippen LogP contribution in [0.25, 0.3) is 0 Å². The molecule has 1 aromatic rings. The Kier molecular flexibility index (Phi) is 11.2. The first-order chi connectivity index (χ1) is 21.7. The molecule has 3 aliphatic rings. The van der Waals surface area contributed by atoms with Crippen molar-refractivity contribution in [3.05, 3.63) is 61.2 Å². The van der Waals surface area contributed by atoms with E-state index < -0.39 is 53.2 Å². The molecule has 3 saturated heterocycles. The number of alkyl halides is 1. The largest absolute Gasteiger partial charge is 0.455 e. The van der Waals surface area contributed by atoms with Crippen LogP contribution in [0.15, 0.2) is 55.6 Å². The molecule has 11 heteroatoms. The number of allylic oxidation sites excluding steroid dienone is 1. The van der Waals surface area contributed by atoms with Gasteiger partial charge in [0, 0.05) is 43.5 Å². The second kappa shape index (κ2) is 14.4. The number of halogens is 1. The Morgan fingerprint density at radius 1 is 1.22 bits per heavy atom. The third-order valence-electron chi connectivity index (χ3n) is 9.62. The third-order valence-corrected chi connectivity index (χ3v) is 10.5. The summed E-state index contributed by atoms with van der Waals surface area (Å²) in [5, 5.41) is 9.67. The number of rotatable bonds is 14. The number of carbonyl (C=O) groups is 4. The highest BCUT2D eigenvalue weighted by Crippen LogP contribution is 2.60. The summed E-state index contributed by atoms with van der Waals surface area (Å²) in [6, 6.07) is 7.71. The molecule has 252 valence electrons. The van der Waals surface area contributed by atoms with E-state index in [4.69, 9.17) is 9.47 Å². The number of carbonyl (C=O) groups excluding carboxylic acids is 4. The minimum atomic E-state index is -1.26. The smallest absolute Gasteiger partial charge is 0.313 e. The number of likely N-dealkylation sites (tertiary alicyclic amines) is 1. The molecule has 3 heterocycles. The molecule has 0 aromatic heterocycles. The number of ether oxygens (including phenoxy) is 2. The highest BCUT2D eigenvalue weighted by atomic mass is 79.9. The standard InChI is InChI=1S/C35H48BrN3O7/c1-8-10-17-25(41)37(7)22(3)28(23-15-12-11-13-16-23)45-33(44)26-27-31(42)38(19-14-20-40)30(35(27)21-24(36)29(26)46-35)32(43)39(18-9-2)34(4,5)6/h8-9,11-13,15-16,22,24,26-30,40H,1-2,10,14,17-21H2,3-7H3/t22-,24?,26+,27-,28+,29+,30+,35-/m0/s1. The van der Waals surface area contributed by atoms with Gasteiger partial charge in [-0.1, -0.05) is 58.4 Å². The molecule has 1 spiro atoms. The molecule has 8 atom stereocenters. The highest BCUT2D eigenvalue weighted by Gasteiger charge is 2.77. The number of likely N-dealkylation sites (N-methyl/N-ethyl adjacent to an activating group) is 1. The normalized spacial score (nSPS) is 27.9. The number of esters is 1. The first-order valence-corrected chi connectivity index (χ1v) is 16.9. The maximum atomic E-state index is 14.4. The van der Waals surface area contributed by atoms with E-state index in [-0.39, 0.29) is 55.1 Å². The van der Waals surface area contributed by atoms with E-state index in [9.17, 15) is 24.3 Å². The molecule has 4 rings (SSSR count). The van der Waals surface area contributed by atoms with Gasteiger partial charge in [-0.05, 0) is 52.5 Å². The Bertz CT molecular complexity index is 1320. The van der Waals surface area contributed by atoms with E-state index >= 15 is 0 Å². The molecule has 0 aliphatic carbocycles. The van der Waals surface area contributed by atoms with E-state index in [1.54, 1.807) is 29.0 Å². The number of fused-ring (bicyclic) bond motifs is 1. The Morgan fingerprint density at radius 3 is 2.48 bits per heavy atom. The quantitative estimate of drug-likeness (QED) is 0.177. The second-order valence-corrected chi connectivity index (χ2v) is 14.7. The third kappa shape index (κ3) is 6.55.